The zero-order valence-corrected chi connectivity index (χ0v) is 16.8. The van der Waals surface area contributed by atoms with Crippen molar-refractivity contribution in [3.8, 4) is 0 Å². The van der Waals surface area contributed by atoms with Crippen LogP contribution >= 0.6 is 11.8 Å². The standard InChI is InChI=1S/C22H26N4OS/c1-15-8-13-28-21(15)17-4-7-19(23)20(14-17)25-22(27)16-2-5-18(6-3-16)26-11-9-24-10-12-26/h2-8,13-15,21,24H,9-12,23H2,1H3,(H,25,27). The predicted molar refractivity (Wildman–Crippen MR) is 119 cm³/mol. The van der Waals surface area contributed by atoms with Crippen molar-refractivity contribution in [1.82, 2.24) is 5.32 Å². The van der Waals surface area contributed by atoms with E-state index < -0.39 is 0 Å². The fourth-order valence-corrected chi connectivity index (χ4v) is 4.81. The molecular formula is C22H26N4OS. The minimum atomic E-state index is -0.138. The Morgan fingerprint density at radius 3 is 2.61 bits per heavy atom. The van der Waals surface area contributed by atoms with E-state index in [0.717, 1.165) is 31.9 Å². The Labute approximate surface area is 170 Å². The first-order valence-corrected chi connectivity index (χ1v) is 10.6. The third-order valence-corrected chi connectivity index (χ3v) is 6.66. The van der Waals surface area contributed by atoms with Crippen molar-refractivity contribution in [3.05, 3.63) is 65.1 Å². The van der Waals surface area contributed by atoms with Gasteiger partial charge in [0.1, 0.15) is 0 Å². The fourth-order valence-electron chi connectivity index (χ4n) is 3.66. The number of anilines is 3. The van der Waals surface area contributed by atoms with Crippen LogP contribution in [-0.4, -0.2) is 32.1 Å². The van der Waals surface area contributed by atoms with Crippen LogP contribution in [0.25, 0.3) is 0 Å². The van der Waals surface area contributed by atoms with Crippen molar-refractivity contribution in [2.75, 3.05) is 42.1 Å². The van der Waals surface area contributed by atoms with E-state index in [2.05, 4.69) is 40.0 Å². The van der Waals surface area contributed by atoms with Crippen LogP contribution in [0.4, 0.5) is 17.1 Å². The first-order chi connectivity index (χ1) is 13.6. The SMILES string of the molecule is CC1C=CSC1c1ccc(N)c(NC(=O)c2ccc(N3CCNCC3)cc2)c1. The summed E-state index contributed by atoms with van der Waals surface area (Å²) in [7, 11) is 0. The summed E-state index contributed by atoms with van der Waals surface area (Å²) >= 11 is 1.81. The topological polar surface area (TPSA) is 70.4 Å². The van der Waals surface area contributed by atoms with Gasteiger partial charge in [-0.25, -0.2) is 0 Å². The molecule has 0 aliphatic carbocycles. The summed E-state index contributed by atoms with van der Waals surface area (Å²) in [5, 5.41) is 8.85. The van der Waals surface area contributed by atoms with Crippen LogP contribution in [0.15, 0.2) is 53.9 Å². The lowest BCUT2D eigenvalue weighted by atomic mass is 10.00. The van der Waals surface area contributed by atoms with Gasteiger partial charge in [-0.2, -0.15) is 0 Å². The Hall–Kier alpha value is -2.44. The van der Waals surface area contributed by atoms with Crippen molar-refractivity contribution in [3.63, 3.8) is 0 Å². The highest BCUT2D eigenvalue weighted by atomic mass is 32.2. The van der Waals surface area contributed by atoms with Gasteiger partial charge in [-0.1, -0.05) is 19.1 Å². The molecule has 28 heavy (non-hydrogen) atoms. The van der Waals surface area contributed by atoms with Crippen molar-refractivity contribution >= 4 is 34.7 Å². The number of benzene rings is 2. The van der Waals surface area contributed by atoms with Gasteiger partial charge in [-0.05, 0) is 53.3 Å². The zero-order valence-electron chi connectivity index (χ0n) is 16.0. The summed E-state index contributed by atoms with van der Waals surface area (Å²) in [5.74, 6) is 0.329. The van der Waals surface area contributed by atoms with Crippen LogP contribution in [0.3, 0.4) is 0 Å². The number of nitrogens with two attached hydrogens (primary N) is 1. The number of amides is 1. The number of nitrogens with one attached hydrogen (secondary N) is 2. The molecule has 4 rings (SSSR count). The van der Waals surface area contributed by atoms with Gasteiger partial charge in [0.2, 0.25) is 0 Å². The van der Waals surface area contributed by atoms with Gasteiger partial charge in [0.25, 0.3) is 5.91 Å². The Balaban J connectivity index is 1.47. The molecule has 0 bridgehead atoms. The summed E-state index contributed by atoms with van der Waals surface area (Å²) in [6, 6.07) is 13.7. The molecule has 0 aromatic heterocycles. The number of nitrogens with zero attached hydrogens (tertiary/aromatic N) is 1. The lowest BCUT2D eigenvalue weighted by molar-refractivity contribution is 0.102. The van der Waals surface area contributed by atoms with Crippen molar-refractivity contribution < 1.29 is 4.79 Å². The van der Waals surface area contributed by atoms with Crippen LogP contribution in [0.2, 0.25) is 0 Å². The number of piperazine rings is 1. The van der Waals surface area contributed by atoms with E-state index in [1.54, 1.807) is 11.8 Å². The molecule has 1 saturated heterocycles. The molecule has 0 spiro atoms. The van der Waals surface area contributed by atoms with Gasteiger partial charge >= 0.3 is 0 Å². The third-order valence-electron chi connectivity index (χ3n) is 5.35. The number of carbonyl (C=O) groups excluding carboxylic acids is 1. The summed E-state index contributed by atoms with van der Waals surface area (Å²) in [6.45, 7) is 6.16. The second kappa shape index (κ2) is 8.29. The van der Waals surface area contributed by atoms with Gasteiger partial charge in [0.15, 0.2) is 0 Å². The molecule has 5 nitrogen and oxygen atoms in total. The molecule has 146 valence electrons. The van der Waals surface area contributed by atoms with Gasteiger partial charge in [0.05, 0.1) is 11.4 Å². The molecule has 2 aromatic rings. The molecule has 1 fully saturated rings. The maximum absolute atomic E-state index is 12.7. The predicted octanol–water partition coefficient (Wildman–Crippen LogP) is 3.87. The average molecular weight is 395 g/mol. The number of carbonyl (C=O) groups is 1. The minimum Gasteiger partial charge on any atom is -0.397 e. The Morgan fingerprint density at radius 1 is 1.18 bits per heavy atom. The molecule has 0 saturated carbocycles. The summed E-state index contributed by atoms with van der Waals surface area (Å²) in [6.07, 6.45) is 2.21. The summed E-state index contributed by atoms with van der Waals surface area (Å²) in [5.41, 5.74) is 10.3. The van der Waals surface area contributed by atoms with Gasteiger partial charge in [-0.15, -0.1) is 11.8 Å². The van der Waals surface area contributed by atoms with Crippen LogP contribution < -0.4 is 21.3 Å². The highest BCUT2D eigenvalue weighted by Gasteiger charge is 2.22. The monoisotopic (exact) mass is 394 g/mol. The van der Waals surface area contributed by atoms with Crippen molar-refractivity contribution in [2.24, 2.45) is 5.92 Å². The van der Waals surface area contributed by atoms with E-state index in [1.165, 1.54) is 5.56 Å². The quantitative estimate of drug-likeness (QED) is 0.687. The molecule has 4 N–H and O–H groups in total. The van der Waals surface area contributed by atoms with Crippen LogP contribution in [0.5, 0.6) is 0 Å². The minimum absolute atomic E-state index is 0.138. The molecule has 2 unspecified atom stereocenters. The molecule has 2 aromatic carbocycles. The van der Waals surface area contributed by atoms with Crippen LogP contribution in [-0.2, 0) is 0 Å². The van der Waals surface area contributed by atoms with E-state index in [4.69, 9.17) is 5.73 Å². The zero-order chi connectivity index (χ0) is 19.5. The van der Waals surface area contributed by atoms with Crippen LogP contribution in [0, 0.1) is 5.92 Å². The van der Waals surface area contributed by atoms with Gasteiger partial charge in [0, 0.05) is 42.7 Å². The Bertz CT molecular complexity index is 875. The Morgan fingerprint density at radius 2 is 1.93 bits per heavy atom. The van der Waals surface area contributed by atoms with Gasteiger partial charge < -0.3 is 21.3 Å². The van der Waals surface area contributed by atoms with Gasteiger partial charge in [-0.3, -0.25) is 4.79 Å². The number of rotatable bonds is 4. The number of hydrogen-bond donors (Lipinski definition) is 3. The smallest absolute Gasteiger partial charge is 0.255 e. The van der Waals surface area contributed by atoms with Crippen molar-refractivity contribution in [1.29, 1.82) is 0 Å². The van der Waals surface area contributed by atoms with E-state index in [1.807, 2.05) is 36.4 Å². The average Bonchev–Trinajstić information content (AvgIpc) is 3.16. The molecule has 1 amide bonds. The molecule has 2 aliphatic heterocycles. The second-order valence-electron chi connectivity index (χ2n) is 7.33. The number of nitrogen functional groups attached to an aromatic ring is 1. The first-order valence-electron chi connectivity index (χ1n) is 9.70. The maximum atomic E-state index is 12.7. The molecule has 6 heteroatoms. The highest BCUT2D eigenvalue weighted by molar-refractivity contribution is 8.02. The molecule has 2 heterocycles. The number of allylic oxidation sites excluding steroid dienone is 1. The molecule has 0 radical (unpaired) electrons. The van der Waals surface area contributed by atoms with E-state index in [9.17, 15) is 4.79 Å². The van der Waals surface area contributed by atoms with E-state index in [0.29, 0.717) is 28.1 Å². The summed E-state index contributed by atoms with van der Waals surface area (Å²) < 4.78 is 0. The summed E-state index contributed by atoms with van der Waals surface area (Å²) in [4.78, 5) is 15.1. The second-order valence-corrected chi connectivity index (χ2v) is 8.38. The normalized spacial score (nSPS) is 21.7. The third kappa shape index (κ3) is 4.03. The Kier molecular flexibility index (Phi) is 5.59. The fraction of sp³-hybridized carbons (Fsp3) is 0.318. The first kappa shape index (κ1) is 18.9. The number of thioether (sulfide) groups is 1. The van der Waals surface area contributed by atoms with Crippen LogP contribution in [0.1, 0.15) is 28.1 Å². The highest BCUT2D eigenvalue weighted by Crippen LogP contribution is 2.43. The molecule has 2 atom stereocenters. The maximum Gasteiger partial charge on any atom is 0.255 e. The molecule has 2 aliphatic rings. The lowest BCUT2D eigenvalue weighted by Crippen LogP contribution is -2.43. The van der Waals surface area contributed by atoms with E-state index in [-0.39, 0.29) is 5.91 Å². The van der Waals surface area contributed by atoms with E-state index >= 15 is 0 Å². The molecular weight excluding hydrogens is 368 g/mol. The lowest BCUT2D eigenvalue weighted by Gasteiger charge is -2.29. The van der Waals surface area contributed by atoms with Crippen molar-refractivity contribution in [2.45, 2.75) is 12.2 Å². The largest absolute Gasteiger partial charge is 0.397 e. The number of hydrogen-bond acceptors (Lipinski definition) is 5.